The van der Waals surface area contributed by atoms with Crippen LogP contribution in [0.25, 0.3) is 10.2 Å². The van der Waals surface area contributed by atoms with Crippen LogP contribution in [0.2, 0.25) is 0 Å². The van der Waals surface area contributed by atoms with Crippen molar-refractivity contribution in [3.8, 4) is 12.3 Å². The number of terminal acetylenes is 1. The molecule has 3 rings (SSSR count). The average Bonchev–Trinajstić information content (AvgIpc) is 3.14. The van der Waals surface area contributed by atoms with Gasteiger partial charge in [-0.1, -0.05) is 23.3 Å². The normalized spacial score (nSPS) is 19.2. The second-order valence-corrected chi connectivity index (χ2v) is 9.50. The summed E-state index contributed by atoms with van der Waals surface area (Å²) >= 11 is 1.41. The number of carbonyl (C=O) groups excluding carboxylic acids is 1. The Hall–Kier alpha value is -1.95. The van der Waals surface area contributed by atoms with E-state index in [0.717, 1.165) is 27.6 Å². The maximum atomic E-state index is 12.7. The van der Waals surface area contributed by atoms with E-state index >= 15 is 0 Å². The van der Waals surface area contributed by atoms with Crippen LogP contribution in [0.3, 0.4) is 0 Å². The molecule has 1 aromatic heterocycles. The number of aromatic nitrogens is 1. The average molecular weight is 392 g/mol. The fourth-order valence-electron chi connectivity index (χ4n) is 3.39. The van der Waals surface area contributed by atoms with Crippen LogP contribution in [0.5, 0.6) is 0 Å². The maximum Gasteiger partial charge on any atom is 0.266 e. The maximum absolute atomic E-state index is 12.7. The second kappa shape index (κ2) is 6.99. The lowest BCUT2D eigenvalue weighted by Crippen LogP contribution is -2.39. The molecule has 1 atom stereocenters. The summed E-state index contributed by atoms with van der Waals surface area (Å²) in [6.07, 6.45) is 7.79. The topological polar surface area (TPSA) is 71.7 Å². The fourth-order valence-corrected chi connectivity index (χ4v) is 5.60. The van der Waals surface area contributed by atoms with Gasteiger partial charge in [0.25, 0.3) is 5.91 Å². The standard InChI is InChI=1S/C18H21N3O3S2/c1-5-8-20-15-11-12(2)10-13(3)16(15)25-18(20)19-17(22)14-7-6-9-21(14)26(4,23)24/h1,10-11,14H,6-9H2,2-4H3. The van der Waals surface area contributed by atoms with Crippen molar-refractivity contribution in [2.75, 3.05) is 12.8 Å². The van der Waals surface area contributed by atoms with E-state index in [-0.39, 0.29) is 0 Å². The summed E-state index contributed by atoms with van der Waals surface area (Å²) < 4.78 is 27.9. The molecule has 2 heterocycles. The van der Waals surface area contributed by atoms with Crippen molar-refractivity contribution in [2.24, 2.45) is 4.99 Å². The molecule has 1 fully saturated rings. The number of amides is 1. The number of hydrogen-bond donors (Lipinski definition) is 0. The molecule has 0 saturated carbocycles. The predicted molar refractivity (Wildman–Crippen MR) is 103 cm³/mol. The van der Waals surface area contributed by atoms with Gasteiger partial charge in [0.2, 0.25) is 10.0 Å². The van der Waals surface area contributed by atoms with Gasteiger partial charge in [0.1, 0.15) is 6.04 Å². The molecule has 0 radical (unpaired) electrons. The first-order valence-electron chi connectivity index (χ1n) is 8.32. The van der Waals surface area contributed by atoms with Crippen molar-refractivity contribution in [1.82, 2.24) is 8.87 Å². The number of aryl methyl sites for hydroxylation is 2. The highest BCUT2D eigenvalue weighted by atomic mass is 32.2. The van der Waals surface area contributed by atoms with Crippen molar-refractivity contribution in [1.29, 1.82) is 0 Å². The Kier molecular flexibility index (Phi) is 5.06. The molecule has 0 bridgehead atoms. The molecule has 8 heteroatoms. The lowest BCUT2D eigenvalue weighted by molar-refractivity contribution is -0.121. The molecule has 2 aromatic rings. The lowest BCUT2D eigenvalue weighted by atomic mass is 10.1. The van der Waals surface area contributed by atoms with Crippen LogP contribution in [-0.4, -0.2) is 42.0 Å². The quantitative estimate of drug-likeness (QED) is 0.749. The monoisotopic (exact) mass is 391 g/mol. The third-order valence-electron chi connectivity index (χ3n) is 4.48. The number of fused-ring (bicyclic) bond motifs is 1. The van der Waals surface area contributed by atoms with Gasteiger partial charge in [-0.2, -0.15) is 9.30 Å². The second-order valence-electron chi connectivity index (χ2n) is 6.59. The Bertz CT molecular complexity index is 1090. The SMILES string of the molecule is C#CCn1c(=NC(=O)C2CCCN2S(C)(=O)=O)sc2c(C)cc(C)cc21. The molecule has 6 nitrogen and oxygen atoms in total. The van der Waals surface area contributed by atoms with Gasteiger partial charge in [-0.05, 0) is 43.9 Å². The molecular weight excluding hydrogens is 370 g/mol. The molecule has 26 heavy (non-hydrogen) atoms. The molecule has 1 amide bonds. The number of benzene rings is 1. The van der Waals surface area contributed by atoms with E-state index in [2.05, 4.69) is 17.0 Å². The van der Waals surface area contributed by atoms with Crippen LogP contribution in [-0.2, 0) is 21.4 Å². The van der Waals surface area contributed by atoms with E-state index in [1.807, 2.05) is 24.5 Å². The predicted octanol–water partition coefficient (Wildman–Crippen LogP) is 1.80. The van der Waals surface area contributed by atoms with E-state index < -0.39 is 22.0 Å². The van der Waals surface area contributed by atoms with Gasteiger partial charge in [0.05, 0.1) is 23.0 Å². The Morgan fingerprint density at radius 3 is 2.81 bits per heavy atom. The lowest BCUT2D eigenvalue weighted by Gasteiger charge is -2.18. The first-order chi connectivity index (χ1) is 12.2. The van der Waals surface area contributed by atoms with Gasteiger partial charge in [-0.25, -0.2) is 8.42 Å². The Morgan fingerprint density at radius 2 is 2.15 bits per heavy atom. The van der Waals surface area contributed by atoms with Crippen molar-refractivity contribution in [2.45, 2.75) is 39.3 Å². The summed E-state index contributed by atoms with van der Waals surface area (Å²) in [5.74, 6) is 2.18. The van der Waals surface area contributed by atoms with Gasteiger partial charge in [0, 0.05) is 6.54 Å². The molecule has 0 spiro atoms. The first-order valence-corrected chi connectivity index (χ1v) is 11.0. The van der Waals surface area contributed by atoms with E-state index in [4.69, 9.17) is 6.42 Å². The van der Waals surface area contributed by atoms with Crippen molar-refractivity contribution in [3.63, 3.8) is 0 Å². The summed E-state index contributed by atoms with van der Waals surface area (Å²) in [6.45, 7) is 4.68. The fraction of sp³-hybridized carbons (Fsp3) is 0.444. The summed E-state index contributed by atoms with van der Waals surface area (Å²) in [7, 11) is -3.43. The van der Waals surface area contributed by atoms with E-state index in [9.17, 15) is 13.2 Å². The summed E-state index contributed by atoms with van der Waals surface area (Å²) in [5, 5.41) is 0. The molecule has 1 aliphatic rings. The minimum Gasteiger partial charge on any atom is -0.305 e. The third-order valence-corrected chi connectivity index (χ3v) is 7.00. The molecule has 0 aliphatic carbocycles. The van der Waals surface area contributed by atoms with Crippen LogP contribution in [0, 0.1) is 26.2 Å². The number of carbonyl (C=O) groups is 1. The molecule has 0 N–H and O–H groups in total. The highest BCUT2D eigenvalue weighted by Crippen LogP contribution is 2.24. The Morgan fingerprint density at radius 1 is 1.42 bits per heavy atom. The molecule has 1 unspecified atom stereocenters. The highest BCUT2D eigenvalue weighted by molar-refractivity contribution is 7.88. The van der Waals surface area contributed by atoms with Crippen LogP contribution in [0.4, 0.5) is 0 Å². The van der Waals surface area contributed by atoms with Crippen LogP contribution in [0.1, 0.15) is 24.0 Å². The largest absolute Gasteiger partial charge is 0.305 e. The Balaban J connectivity index is 2.12. The zero-order valence-electron chi connectivity index (χ0n) is 15.0. The van der Waals surface area contributed by atoms with Crippen LogP contribution >= 0.6 is 11.3 Å². The summed E-state index contributed by atoms with van der Waals surface area (Å²) in [5.41, 5.74) is 3.15. The van der Waals surface area contributed by atoms with E-state index in [1.54, 1.807) is 0 Å². The minimum absolute atomic E-state index is 0.301. The van der Waals surface area contributed by atoms with Gasteiger partial charge in [-0.15, -0.1) is 6.42 Å². The van der Waals surface area contributed by atoms with Gasteiger partial charge in [-0.3, -0.25) is 4.79 Å². The number of hydrogen-bond acceptors (Lipinski definition) is 4. The molecule has 1 saturated heterocycles. The zero-order chi connectivity index (χ0) is 19.1. The van der Waals surface area contributed by atoms with E-state index in [0.29, 0.717) is 30.7 Å². The summed E-state index contributed by atoms with van der Waals surface area (Å²) in [4.78, 5) is 17.5. The van der Waals surface area contributed by atoms with Crippen molar-refractivity contribution in [3.05, 3.63) is 28.1 Å². The summed E-state index contributed by atoms with van der Waals surface area (Å²) in [6, 6.07) is 3.38. The first kappa shape index (κ1) is 18.8. The van der Waals surface area contributed by atoms with E-state index in [1.165, 1.54) is 15.6 Å². The van der Waals surface area contributed by atoms with Crippen LogP contribution in [0.15, 0.2) is 17.1 Å². The van der Waals surface area contributed by atoms with Gasteiger partial charge in [0.15, 0.2) is 4.80 Å². The van der Waals surface area contributed by atoms with Crippen molar-refractivity contribution >= 4 is 37.5 Å². The van der Waals surface area contributed by atoms with Crippen LogP contribution < -0.4 is 4.80 Å². The molecule has 138 valence electrons. The van der Waals surface area contributed by atoms with Gasteiger partial charge >= 0.3 is 0 Å². The third kappa shape index (κ3) is 3.47. The molecular formula is C18H21N3O3S2. The van der Waals surface area contributed by atoms with Crippen molar-refractivity contribution < 1.29 is 13.2 Å². The number of sulfonamides is 1. The molecule has 1 aliphatic heterocycles. The van der Waals surface area contributed by atoms with Gasteiger partial charge < -0.3 is 4.57 Å². The smallest absolute Gasteiger partial charge is 0.266 e. The zero-order valence-corrected chi connectivity index (χ0v) is 16.7. The molecule has 1 aromatic carbocycles. The Labute approximate surface area is 157 Å². The highest BCUT2D eigenvalue weighted by Gasteiger charge is 2.36. The number of thiazole rings is 1. The minimum atomic E-state index is -3.43. The number of rotatable bonds is 3. The number of nitrogens with zero attached hydrogens (tertiary/aromatic N) is 3.